The van der Waals surface area contributed by atoms with Gasteiger partial charge in [-0.25, -0.2) is 9.18 Å². The predicted octanol–water partition coefficient (Wildman–Crippen LogP) is 7.39. The summed E-state index contributed by atoms with van der Waals surface area (Å²) in [6.45, 7) is -0.317. The van der Waals surface area contributed by atoms with E-state index in [1.54, 1.807) is 0 Å². The summed E-state index contributed by atoms with van der Waals surface area (Å²) in [4.78, 5) is 18.5. The van der Waals surface area contributed by atoms with Gasteiger partial charge in [0.2, 0.25) is 0 Å². The van der Waals surface area contributed by atoms with Crippen LogP contribution in [0.15, 0.2) is 78.0 Å². The molecular formula is C27H20Cl2F4N2O3. The predicted molar refractivity (Wildman–Crippen MR) is 134 cm³/mol. The molecule has 5 nitrogen and oxygen atoms in total. The number of nitrogens with zero attached hydrogens (tertiary/aromatic N) is 2. The maximum absolute atomic E-state index is 15.4. The minimum atomic E-state index is -4.82. The molecule has 3 aromatic carbocycles. The average Bonchev–Trinajstić information content (AvgIpc) is 3.33. The first kappa shape index (κ1) is 26.3. The van der Waals surface area contributed by atoms with Crippen molar-refractivity contribution in [2.24, 2.45) is 5.16 Å². The number of hydrogen-bond acceptors (Lipinski definition) is 4. The van der Waals surface area contributed by atoms with E-state index in [-0.39, 0.29) is 46.6 Å². The first-order chi connectivity index (χ1) is 18.0. The Morgan fingerprint density at radius 1 is 0.974 bits per heavy atom. The lowest BCUT2D eigenvalue weighted by atomic mass is 9.85. The van der Waals surface area contributed by atoms with Gasteiger partial charge in [0.1, 0.15) is 6.61 Å². The van der Waals surface area contributed by atoms with Crippen LogP contribution in [0.4, 0.5) is 22.4 Å². The van der Waals surface area contributed by atoms with Crippen molar-refractivity contribution >= 4 is 35.0 Å². The van der Waals surface area contributed by atoms with Gasteiger partial charge in [0, 0.05) is 22.0 Å². The molecule has 0 aromatic heterocycles. The molecule has 1 saturated heterocycles. The van der Waals surface area contributed by atoms with Crippen molar-refractivity contribution in [2.75, 3.05) is 13.1 Å². The van der Waals surface area contributed by atoms with Gasteiger partial charge in [-0.1, -0.05) is 83.0 Å². The second-order valence-electron chi connectivity index (χ2n) is 9.23. The molecular weight excluding hydrogens is 547 g/mol. The molecule has 0 N–H and O–H groups in total. The molecule has 0 aliphatic carbocycles. The average molecular weight is 567 g/mol. The summed E-state index contributed by atoms with van der Waals surface area (Å²) in [6, 6.07) is 18.6. The fourth-order valence-electron chi connectivity index (χ4n) is 4.49. The van der Waals surface area contributed by atoms with E-state index in [2.05, 4.69) is 5.16 Å². The number of halogens is 6. The Kier molecular flexibility index (Phi) is 6.77. The van der Waals surface area contributed by atoms with Crippen LogP contribution in [0.5, 0.6) is 0 Å². The summed E-state index contributed by atoms with van der Waals surface area (Å²) in [6.07, 6.45) is -6.06. The topological polar surface area (TPSA) is 51.1 Å². The van der Waals surface area contributed by atoms with Crippen LogP contribution in [0.25, 0.3) is 0 Å². The molecule has 0 bridgehead atoms. The van der Waals surface area contributed by atoms with Crippen LogP contribution < -0.4 is 0 Å². The third kappa shape index (κ3) is 4.92. The van der Waals surface area contributed by atoms with E-state index < -0.39 is 30.0 Å². The maximum Gasteiger partial charge on any atom is 0.435 e. The Morgan fingerprint density at radius 2 is 1.61 bits per heavy atom. The molecule has 3 aromatic rings. The molecule has 1 amide bonds. The van der Waals surface area contributed by atoms with Crippen LogP contribution in [0.2, 0.25) is 10.0 Å². The third-order valence-electron chi connectivity index (χ3n) is 6.60. The van der Waals surface area contributed by atoms with Gasteiger partial charge < -0.3 is 14.5 Å². The first-order valence-electron chi connectivity index (χ1n) is 11.5. The molecule has 0 spiro atoms. The Hall–Kier alpha value is -3.30. The number of carbonyl (C=O) groups is 1. The fourth-order valence-corrected chi connectivity index (χ4v) is 5.01. The molecule has 2 aliphatic rings. The van der Waals surface area contributed by atoms with Crippen LogP contribution in [0.1, 0.15) is 28.7 Å². The highest BCUT2D eigenvalue weighted by molar-refractivity contribution is 6.34. The Balaban J connectivity index is 1.25. The van der Waals surface area contributed by atoms with Crippen LogP contribution in [-0.4, -0.2) is 36.0 Å². The van der Waals surface area contributed by atoms with Gasteiger partial charge in [0.15, 0.2) is 5.67 Å². The van der Waals surface area contributed by atoms with Crippen LogP contribution >= 0.6 is 23.2 Å². The Labute approximate surface area is 225 Å². The van der Waals surface area contributed by atoms with Gasteiger partial charge in [-0.2, -0.15) is 13.2 Å². The monoisotopic (exact) mass is 566 g/mol. The number of amides is 1. The highest BCUT2D eigenvalue weighted by Gasteiger charge is 2.62. The zero-order valence-corrected chi connectivity index (χ0v) is 21.2. The number of benzene rings is 3. The highest BCUT2D eigenvalue weighted by Crippen LogP contribution is 2.50. The lowest BCUT2D eigenvalue weighted by Gasteiger charge is -2.43. The van der Waals surface area contributed by atoms with Crippen LogP contribution in [0, 0.1) is 0 Å². The fraction of sp³-hybridized carbons (Fsp3) is 0.259. The van der Waals surface area contributed by atoms with Gasteiger partial charge in [0.25, 0.3) is 5.60 Å². The van der Waals surface area contributed by atoms with E-state index in [0.29, 0.717) is 5.56 Å². The minimum absolute atomic E-state index is 0.0317. The SMILES string of the molecule is O=C(OCc1ccccc1)N1CC(F)(c2ccc(C3=NO[C@](c4cc(Cl)cc(Cl)c4)(C(F)(F)F)C3)cc2)C1. The lowest BCUT2D eigenvalue weighted by molar-refractivity contribution is -0.275. The van der Waals surface area contributed by atoms with E-state index in [1.165, 1.54) is 35.2 Å². The summed E-state index contributed by atoms with van der Waals surface area (Å²) >= 11 is 11.9. The van der Waals surface area contributed by atoms with E-state index in [0.717, 1.165) is 17.7 Å². The maximum atomic E-state index is 15.4. The smallest absolute Gasteiger partial charge is 0.435 e. The zero-order valence-electron chi connectivity index (χ0n) is 19.6. The number of hydrogen-bond donors (Lipinski definition) is 0. The van der Waals surface area contributed by atoms with Crippen molar-refractivity contribution in [1.29, 1.82) is 0 Å². The Bertz CT molecular complexity index is 1360. The van der Waals surface area contributed by atoms with Gasteiger partial charge in [-0.05, 0) is 34.9 Å². The molecule has 0 radical (unpaired) electrons. The van der Waals surface area contributed by atoms with E-state index >= 15 is 4.39 Å². The van der Waals surface area contributed by atoms with Crippen molar-refractivity contribution in [3.8, 4) is 0 Å². The van der Waals surface area contributed by atoms with Crippen molar-refractivity contribution in [3.05, 3.63) is 105 Å². The van der Waals surface area contributed by atoms with Gasteiger partial charge in [-0.15, -0.1) is 0 Å². The third-order valence-corrected chi connectivity index (χ3v) is 7.03. The molecule has 2 aliphatic heterocycles. The molecule has 198 valence electrons. The lowest BCUT2D eigenvalue weighted by Crippen LogP contribution is -2.58. The Morgan fingerprint density at radius 3 is 2.21 bits per heavy atom. The standard InChI is InChI=1S/C27H20Cl2F4N2O3/c28-21-10-20(11-22(29)12-21)26(27(31,32)33)13-23(34-38-26)18-6-8-19(9-7-18)25(30)15-35(16-25)24(36)37-14-17-4-2-1-3-5-17/h1-12H,13-16H2/t26-/m1/s1. The number of rotatable bonds is 5. The summed E-state index contributed by atoms with van der Waals surface area (Å²) in [7, 11) is 0. The molecule has 1 atom stereocenters. The molecule has 2 heterocycles. The number of alkyl halides is 4. The van der Waals surface area contributed by atoms with Crippen molar-refractivity contribution in [1.82, 2.24) is 4.90 Å². The normalized spacial score (nSPS) is 20.4. The summed E-state index contributed by atoms with van der Waals surface area (Å²) in [5.41, 5.74) is -3.34. The molecule has 0 saturated carbocycles. The second-order valence-corrected chi connectivity index (χ2v) is 10.1. The molecule has 5 rings (SSSR count). The van der Waals surface area contributed by atoms with E-state index in [4.69, 9.17) is 32.8 Å². The van der Waals surface area contributed by atoms with Crippen molar-refractivity contribution < 1.29 is 31.9 Å². The van der Waals surface area contributed by atoms with Crippen LogP contribution in [0.3, 0.4) is 0 Å². The summed E-state index contributed by atoms with van der Waals surface area (Å²) < 4.78 is 63.3. The van der Waals surface area contributed by atoms with Gasteiger partial charge in [-0.3, -0.25) is 0 Å². The van der Waals surface area contributed by atoms with Crippen LogP contribution in [-0.2, 0) is 27.5 Å². The minimum Gasteiger partial charge on any atom is -0.445 e. The van der Waals surface area contributed by atoms with E-state index in [9.17, 15) is 18.0 Å². The van der Waals surface area contributed by atoms with E-state index in [1.807, 2.05) is 30.3 Å². The second kappa shape index (κ2) is 9.78. The van der Waals surface area contributed by atoms with Crippen molar-refractivity contribution in [2.45, 2.75) is 30.5 Å². The molecule has 38 heavy (non-hydrogen) atoms. The quantitative estimate of drug-likeness (QED) is 0.302. The molecule has 1 fully saturated rings. The van der Waals surface area contributed by atoms with Gasteiger partial charge >= 0.3 is 12.3 Å². The molecule has 0 unspecified atom stereocenters. The summed E-state index contributed by atoms with van der Waals surface area (Å²) in [5, 5.41) is 3.78. The number of likely N-dealkylation sites (tertiary alicyclic amines) is 1. The van der Waals surface area contributed by atoms with Gasteiger partial charge in [0.05, 0.1) is 18.8 Å². The van der Waals surface area contributed by atoms with Crippen molar-refractivity contribution in [3.63, 3.8) is 0 Å². The molecule has 11 heteroatoms. The highest BCUT2D eigenvalue weighted by atomic mass is 35.5. The largest absolute Gasteiger partial charge is 0.445 e. The summed E-state index contributed by atoms with van der Waals surface area (Å²) in [5.74, 6) is 0. The first-order valence-corrected chi connectivity index (χ1v) is 12.3. The number of oxime groups is 1. The number of ether oxygens (including phenoxy) is 1. The number of carbonyl (C=O) groups excluding carboxylic acids is 1. The zero-order chi connectivity index (χ0) is 27.1.